The summed E-state index contributed by atoms with van der Waals surface area (Å²) in [7, 11) is 1.43. The first kappa shape index (κ1) is 24.2. The zero-order valence-electron chi connectivity index (χ0n) is 18.7. The van der Waals surface area contributed by atoms with Crippen LogP contribution in [-0.2, 0) is 10.9 Å². The predicted octanol–water partition coefficient (Wildman–Crippen LogP) is 5.49. The van der Waals surface area contributed by atoms with Crippen molar-refractivity contribution in [2.45, 2.75) is 44.5 Å². The van der Waals surface area contributed by atoms with Crippen molar-refractivity contribution in [3.8, 4) is 28.1 Å². The van der Waals surface area contributed by atoms with Gasteiger partial charge in [0.1, 0.15) is 5.75 Å². The Kier molecular flexibility index (Phi) is 6.15. The smallest absolute Gasteiger partial charge is 0.433 e. The molecule has 0 radical (unpaired) electrons. The van der Waals surface area contributed by atoms with Gasteiger partial charge in [0.25, 0.3) is 0 Å². The van der Waals surface area contributed by atoms with Gasteiger partial charge in [0.15, 0.2) is 5.69 Å². The number of benzene rings is 1. The molecular formula is C23H23ClF3N3O4. The highest BCUT2D eigenvalue weighted by Gasteiger charge is 2.47. The summed E-state index contributed by atoms with van der Waals surface area (Å²) in [6.07, 6.45) is -2.01. The van der Waals surface area contributed by atoms with Crippen LogP contribution in [0.25, 0.3) is 22.4 Å². The number of alkyl halides is 3. The zero-order valence-corrected chi connectivity index (χ0v) is 19.4. The minimum Gasteiger partial charge on any atom is -0.495 e. The Morgan fingerprint density at radius 2 is 2.03 bits per heavy atom. The summed E-state index contributed by atoms with van der Waals surface area (Å²) in [5, 5.41) is 14.2. The number of carbonyl (C=O) groups is 1. The molecule has 0 aliphatic heterocycles. The monoisotopic (exact) mass is 497 g/mol. The van der Waals surface area contributed by atoms with Crippen LogP contribution in [0.15, 0.2) is 30.6 Å². The molecule has 1 fully saturated rings. The third kappa shape index (κ3) is 4.16. The summed E-state index contributed by atoms with van der Waals surface area (Å²) in [6, 6.07) is 4.30. The summed E-state index contributed by atoms with van der Waals surface area (Å²) in [4.78, 5) is 15.8. The van der Waals surface area contributed by atoms with Gasteiger partial charge < -0.3 is 19.6 Å². The van der Waals surface area contributed by atoms with E-state index in [1.807, 2.05) is 0 Å². The maximum atomic E-state index is 14.2. The van der Waals surface area contributed by atoms with E-state index in [2.05, 4.69) is 10.1 Å². The molecule has 11 heteroatoms. The number of ether oxygens (including phenoxy) is 2. The number of halogens is 4. The Bertz CT molecular complexity index is 1220. The second kappa shape index (κ2) is 8.66. The Morgan fingerprint density at radius 1 is 1.32 bits per heavy atom. The second-order valence-electron chi connectivity index (χ2n) is 8.40. The number of methoxy groups -OCH3 is 1. The number of aromatic amines is 1. The third-order valence-electron chi connectivity index (χ3n) is 5.86. The number of nitrogens with one attached hydrogen (secondary N) is 1. The van der Waals surface area contributed by atoms with Crippen LogP contribution in [0.4, 0.5) is 13.2 Å². The molecule has 0 spiro atoms. The fraction of sp³-hybridized carbons (Fsp3) is 0.391. The lowest BCUT2D eigenvalue weighted by Crippen LogP contribution is -2.43. The Morgan fingerprint density at radius 3 is 2.62 bits per heavy atom. The van der Waals surface area contributed by atoms with E-state index in [0.29, 0.717) is 11.3 Å². The van der Waals surface area contributed by atoms with Crippen LogP contribution in [0.5, 0.6) is 5.75 Å². The van der Waals surface area contributed by atoms with Crippen molar-refractivity contribution in [2.24, 2.45) is 0 Å². The summed E-state index contributed by atoms with van der Waals surface area (Å²) in [5.74, 6) is -0.461. The van der Waals surface area contributed by atoms with Crippen LogP contribution in [-0.4, -0.2) is 45.2 Å². The van der Waals surface area contributed by atoms with Gasteiger partial charge in [0, 0.05) is 22.9 Å². The standard InChI is InChI=1S/C23H23ClF3N3O4/c1-4-34-21(31)17-14(13-6-5-7-16(33-3)18(13)24)10-28-19(17)15-11-29-30(20(15)23(25,26)27)12-8-22(2,32)9-12/h5-7,10-12,28,32H,4,8-9H2,1-3H3. The normalized spacial score (nSPS) is 20.2. The van der Waals surface area contributed by atoms with Crippen molar-refractivity contribution in [1.82, 2.24) is 14.8 Å². The molecule has 0 unspecified atom stereocenters. The number of hydrogen-bond donors (Lipinski definition) is 2. The SMILES string of the molecule is CCOC(=O)c1c(-c2cccc(OC)c2Cl)c[nH]c1-c1cnn(C2CC(C)(O)C2)c1C(F)(F)F. The van der Waals surface area contributed by atoms with Gasteiger partial charge in [-0.15, -0.1) is 0 Å². The van der Waals surface area contributed by atoms with Crippen molar-refractivity contribution in [2.75, 3.05) is 13.7 Å². The highest BCUT2D eigenvalue weighted by atomic mass is 35.5. The quantitative estimate of drug-likeness (QED) is 0.440. The molecule has 34 heavy (non-hydrogen) atoms. The van der Waals surface area contributed by atoms with Gasteiger partial charge in [0.2, 0.25) is 0 Å². The van der Waals surface area contributed by atoms with E-state index in [1.54, 1.807) is 32.0 Å². The third-order valence-corrected chi connectivity index (χ3v) is 6.25. The van der Waals surface area contributed by atoms with E-state index < -0.39 is 29.5 Å². The lowest BCUT2D eigenvalue weighted by atomic mass is 9.77. The van der Waals surface area contributed by atoms with Crippen LogP contribution in [0.2, 0.25) is 5.02 Å². The van der Waals surface area contributed by atoms with Gasteiger partial charge in [-0.05, 0) is 32.8 Å². The molecule has 2 aromatic heterocycles. The number of rotatable bonds is 6. The average molecular weight is 498 g/mol. The molecule has 2 heterocycles. The first-order valence-electron chi connectivity index (χ1n) is 10.6. The first-order valence-corrected chi connectivity index (χ1v) is 10.9. The number of aromatic nitrogens is 3. The topological polar surface area (TPSA) is 89.4 Å². The first-order chi connectivity index (χ1) is 16.0. The molecule has 4 rings (SSSR count). The largest absolute Gasteiger partial charge is 0.495 e. The minimum absolute atomic E-state index is 0.0251. The van der Waals surface area contributed by atoms with Crippen molar-refractivity contribution >= 4 is 17.6 Å². The van der Waals surface area contributed by atoms with Crippen LogP contribution in [0, 0.1) is 0 Å². The molecule has 7 nitrogen and oxygen atoms in total. The van der Waals surface area contributed by atoms with Crippen LogP contribution >= 0.6 is 11.6 Å². The van der Waals surface area contributed by atoms with E-state index in [4.69, 9.17) is 21.1 Å². The maximum Gasteiger partial charge on any atom is 0.433 e. The maximum absolute atomic E-state index is 14.2. The highest BCUT2D eigenvalue weighted by Crippen LogP contribution is 2.47. The van der Waals surface area contributed by atoms with Gasteiger partial charge >= 0.3 is 12.1 Å². The number of aliphatic hydroxyl groups is 1. The fourth-order valence-electron chi connectivity index (χ4n) is 4.37. The van der Waals surface area contributed by atoms with E-state index >= 15 is 0 Å². The lowest BCUT2D eigenvalue weighted by molar-refractivity contribution is -0.148. The average Bonchev–Trinajstić information content (AvgIpc) is 3.36. The van der Waals surface area contributed by atoms with Gasteiger partial charge in [0.05, 0.1) is 47.8 Å². The Balaban J connectivity index is 1.91. The predicted molar refractivity (Wildman–Crippen MR) is 119 cm³/mol. The van der Waals surface area contributed by atoms with Crippen molar-refractivity contribution in [3.05, 3.63) is 46.9 Å². The molecule has 1 saturated carbocycles. The summed E-state index contributed by atoms with van der Waals surface area (Å²) >= 11 is 6.44. The Labute approximate surface area is 198 Å². The van der Waals surface area contributed by atoms with E-state index in [0.717, 1.165) is 10.9 Å². The molecule has 2 N–H and O–H groups in total. The van der Waals surface area contributed by atoms with E-state index in [-0.39, 0.29) is 46.9 Å². The number of esters is 1. The van der Waals surface area contributed by atoms with Crippen molar-refractivity contribution in [1.29, 1.82) is 0 Å². The van der Waals surface area contributed by atoms with Gasteiger partial charge in [-0.25, -0.2) is 4.79 Å². The number of carbonyl (C=O) groups excluding carboxylic acids is 1. The molecule has 0 bridgehead atoms. The number of nitrogens with zero attached hydrogens (tertiary/aromatic N) is 2. The molecule has 182 valence electrons. The lowest BCUT2D eigenvalue weighted by Gasteiger charge is -2.41. The fourth-order valence-corrected chi connectivity index (χ4v) is 4.68. The molecule has 0 saturated heterocycles. The Hall–Kier alpha value is -2.98. The highest BCUT2D eigenvalue weighted by molar-refractivity contribution is 6.35. The van der Waals surface area contributed by atoms with Crippen LogP contribution < -0.4 is 4.74 Å². The molecule has 3 aromatic rings. The second-order valence-corrected chi connectivity index (χ2v) is 8.78. The minimum atomic E-state index is -4.77. The number of H-pyrrole nitrogens is 1. The summed E-state index contributed by atoms with van der Waals surface area (Å²) < 4.78 is 54.0. The molecule has 1 aromatic carbocycles. The molecule has 0 amide bonds. The summed E-state index contributed by atoms with van der Waals surface area (Å²) in [6.45, 7) is 3.19. The van der Waals surface area contributed by atoms with Crippen molar-refractivity contribution in [3.63, 3.8) is 0 Å². The van der Waals surface area contributed by atoms with Crippen molar-refractivity contribution < 1.29 is 32.5 Å². The molecule has 1 aliphatic rings. The van der Waals surface area contributed by atoms with E-state index in [9.17, 15) is 23.1 Å². The van der Waals surface area contributed by atoms with Gasteiger partial charge in [-0.2, -0.15) is 18.3 Å². The van der Waals surface area contributed by atoms with Crippen LogP contribution in [0.1, 0.15) is 48.8 Å². The zero-order chi connectivity index (χ0) is 24.8. The van der Waals surface area contributed by atoms with E-state index in [1.165, 1.54) is 13.3 Å². The molecule has 0 atom stereocenters. The van der Waals surface area contributed by atoms with Gasteiger partial charge in [-0.3, -0.25) is 4.68 Å². The van der Waals surface area contributed by atoms with Crippen LogP contribution in [0.3, 0.4) is 0 Å². The number of hydrogen-bond acceptors (Lipinski definition) is 5. The van der Waals surface area contributed by atoms with Gasteiger partial charge in [-0.1, -0.05) is 23.7 Å². The summed E-state index contributed by atoms with van der Waals surface area (Å²) in [5.41, 5.74) is -1.87. The molecular weight excluding hydrogens is 475 g/mol. The molecule has 1 aliphatic carbocycles.